The SMILES string of the molecule is CCOc1ccc(N2C(=O)c3ccc(C(=O)Nc4ccncc4)cc3C2=O)cc1. The van der Waals surface area contributed by atoms with Crippen LogP contribution in [0, 0.1) is 0 Å². The number of aromatic nitrogens is 1. The maximum atomic E-state index is 12.9. The first-order valence-corrected chi connectivity index (χ1v) is 9.05. The third-order valence-electron chi connectivity index (χ3n) is 4.49. The molecule has 1 N–H and O–H groups in total. The second-order valence-electron chi connectivity index (χ2n) is 6.32. The highest BCUT2D eigenvalue weighted by atomic mass is 16.5. The highest BCUT2D eigenvalue weighted by Gasteiger charge is 2.37. The van der Waals surface area contributed by atoms with Crippen LogP contribution in [-0.4, -0.2) is 29.3 Å². The van der Waals surface area contributed by atoms with E-state index in [9.17, 15) is 14.4 Å². The highest BCUT2D eigenvalue weighted by Crippen LogP contribution is 2.30. The maximum absolute atomic E-state index is 12.9. The zero-order chi connectivity index (χ0) is 20.4. The summed E-state index contributed by atoms with van der Waals surface area (Å²) in [6.07, 6.45) is 3.13. The number of hydrogen-bond donors (Lipinski definition) is 1. The van der Waals surface area contributed by atoms with E-state index in [1.54, 1.807) is 48.8 Å². The minimum absolute atomic E-state index is 0.200. The van der Waals surface area contributed by atoms with E-state index in [0.717, 1.165) is 4.90 Å². The molecule has 0 aliphatic carbocycles. The molecule has 7 heteroatoms. The molecule has 29 heavy (non-hydrogen) atoms. The largest absolute Gasteiger partial charge is 0.494 e. The second-order valence-corrected chi connectivity index (χ2v) is 6.32. The van der Waals surface area contributed by atoms with Crippen LogP contribution in [0.3, 0.4) is 0 Å². The van der Waals surface area contributed by atoms with Gasteiger partial charge in [0.05, 0.1) is 23.4 Å². The number of rotatable bonds is 5. The number of benzene rings is 2. The van der Waals surface area contributed by atoms with E-state index < -0.39 is 11.8 Å². The Morgan fingerprint density at radius 1 is 0.966 bits per heavy atom. The van der Waals surface area contributed by atoms with Crippen LogP contribution in [0.4, 0.5) is 11.4 Å². The number of fused-ring (bicyclic) bond motifs is 1. The van der Waals surface area contributed by atoms with E-state index in [-0.39, 0.29) is 22.6 Å². The molecule has 4 rings (SSSR count). The third-order valence-corrected chi connectivity index (χ3v) is 4.49. The van der Waals surface area contributed by atoms with Gasteiger partial charge < -0.3 is 10.1 Å². The van der Waals surface area contributed by atoms with Crippen molar-refractivity contribution in [3.8, 4) is 5.75 Å². The number of anilines is 2. The first-order chi connectivity index (χ1) is 14.1. The summed E-state index contributed by atoms with van der Waals surface area (Å²) in [5.41, 5.74) is 1.79. The zero-order valence-electron chi connectivity index (χ0n) is 15.6. The van der Waals surface area contributed by atoms with Gasteiger partial charge in [-0.15, -0.1) is 0 Å². The van der Waals surface area contributed by atoms with Gasteiger partial charge in [-0.05, 0) is 61.5 Å². The van der Waals surface area contributed by atoms with Crippen LogP contribution in [-0.2, 0) is 0 Å². The molecule has 2 aromatic carbocycles. The molecule has 3 aromatic rings. The summed E-state index contributed by atoms with van der Waals surface area (Å²) in [4.78, 5) is 43.1. The molecule has 144 valence electrons. The molecule has 0 bridgehead atoms. The standard InChI is InChI=1S/C22H17N3O4/c1-2-29-17-6-4-16(5-7-17)25-21(27)18-8-3-14(13-19(18)22(25)28)20(26)24-15-9-11-23-12-10-15/h3-13H,2H2,1H3,(H,23,24,26). The molecule has 0 unspecified atom stereocenters. The van der Waals surface area contributed by atoms with Gasteiger partial charge in [0, 0.05) is 23.6 Å². The summed E-state index contributed by atoms with van der Waals surface area (Å²) in [6, 6.07) is 14.5. The van der Waals surface area contributed by atoms with Crippen molar-refractivity contribution in [1.29, 1.82) is 0 Å². The number of amides is 3. The van der Waals surface area contributed by atoms with E-state index in [0.29, 0.717) is 23.7 Å². The van der Waals surface area contributed by atoms with E-state index in [1.165, 1.54) is 18.2 Å². The summed E-state index contributed by atoms with van der Waals surface area (Å²) < 4.78 is 5.39. The van der Waals surface area contributed by atoms with Gasteiger partial charge in [-0.1, -0.05) is 0 Å². The Morgan fingerprint density at radius 3 is 2.34 bits per heavy atom. The minimum Gasteiger partial charge on any atom is -0.494 e. The Labute approximate surface area is 166 Å². The molecule has 0 saturated heterocycles. The molecule has 7 nitrogen and oxygen atoms in total. The average molecular weight is 387 g/mol. The molecule has 1 aliphatic rings. The topological polar surface area (TPSA) is 88.6 Å². The molecule has 3 amide bonds. The van der Waals surface area contributed by atoms with Gasteiger partial charge in [0.1, 0.15) is 5.75 Å². The number of hydrogen-bond acceptors (Lipinski definition) is 5. The maximum Gasteiger partial charge on any atom is 0.266 e. The van der Waals surface area contributed by atoms with E-state index in [2.05, 4.69) is 10.3 Å². The van der Waals surface area contributed by atoms with Gasteiger partial charge in [-0.25, -0.2) is 4.90 Å². The third kappa shape index (κ3) is 3.45. The smallest absolute Gasteiger partial charge is 0.266 e. The van der Waals surface area contributed by atoms with Crippen LogP contribution >= 0.6 is 0 Å². The number of pyridine rings is 1. The first-order valence-electron chi connectivity index (χ1n) is 9.05. The minimum atomic E-state index is -0.465. The number of ether oxygens (including phenoxy) is 1. The molecule has 2 heterocycles. The Kier molecular flexibility index (Phi) is 4.78. The fourth-order valence-corrected chi connectivity index (χ4v) is 3.11. The Bertz CT molecular complexity index is 1090. The molecule has 1 aromatic heterocycles. The van der Waals surface area contributed by atoms with Crippen molar-refractivity contribution in [1.82, 2.24) is 4.98 Å². The Morgan fingerprint density at radius 2 is 1.66 bits per heavy atom. The van der Waals surface area contributed by atoms with Gasteiger partial charge in [-0.3, -0.25) is 19.4 Å². The Balaban J connectivity index is 1.60. The lowest BCUT2D eigenvalue weighted by molar-refractivity contribution is 0.0925. The normalized spacial score (nSPS) is 12.7. The van der Waals surface area contributed by atoms with Crippen LogP contribution in [0.2, 0.25) is 0 Å². The van der Waals surface area contributed by atoms with E-state index >= 15 is 0 Å². The lowest BCUT2D eigenvalue weighted by Crippen LogP contribution is -2.29. The van der Waals surface area contributed by atoms with Crippen molar-refractivity contribution in [3.05, 3.63) is 83.7 Å². The summed E-state index contributed by atoms with van der Waals surface area (Å²) in [6.45, 7) is 2.40. The molecule has 0 fully saturated rings. The van der Waals surface area contributed by atoms with Crippen molar-refractivity contribution in [2.24, 2.45) is 0 Å². The van der Waals surface area contributed by atoms with Gasteiger partial charge >= 0.3 is 0 Å². The van der Waals surface area contributed by atoms with E-state index in [1.807, 2.05) is 6.92 Å². The zero-order valence-corrected chi connectivity index (χ0v) is 15.6. The molecule has 1 aliphatic heterocycles. The number of carbonyl (C=O) groups excluding carboxylic acids is 3. The monoisotopic (exact) mass is 387 g/mol. The van der Waals surface area contributed by atoms with Crippen molar-refractivity contribution >= 4 is 29.1 Å². The first kappa shape index (κ1) is 18.4. The summed E-state index contributed by atoms with van der Waals surface area (Å²) in [5, 5.41) is 2.73. The molecule has 0 spiro atoms. The fourth-order valence-electron chi connectivity index (χ4n) is 3.11. The Hall–Kier alpha value is -4.00. The van der Waals surface area contributed by atoms with Crippen molar-refractivity contribution in [2.45, 2.75) is 6.92 Å². The number of nitrogens with one attached hydrogen (secondary N) is 1. The lowest BCUT2D eigenvalue weighted by atomic mass is 10.1. The summed E-state index contributed by atoms with van der Waals surface area (Å²) in [5.74, 6) is -0.607. The van der Waals surface area contributed by atoms with Gasteiger partial charge in [0.2, 0.25) is 0 Å². The molecule has 0 atom stereocenters. The molecular formula is C22H17N3O4. The molecule has 0 saturated carbocycles. The average Bonchev–Trinajstić information content (AvgIpc) is 2.99. The quantitative estimate of drug-likeness (QED) is 0.677. The fraction of sp³-hybridized carbons (Fsp3) is 0.0909. The summed E-state index contributed by atoms with van der Waals surface area (Å²) in [7, 11) is 0. The van der Waals surface area contributed by atoms with Crippen LogP contribution in [0.25, 0.3) is 0 Å². The number of nitrogens with zero attached hydrogens (tertiary/aromatic N) is 2. The predicted molar refractivity (Wildman–Crippen MR) is 107 cm³/mol. The van der Waals surface area contributed by atoms with Gasteiger partial charge in [0.15, 0.2) is 0 Å². The van der Waals surface area contributed by atoms with E-state index in [4.69, 9.17) is 4.74 Å². The highest BCUT2D eigenvalue weighted by molar-refractivity contribution is 6.34. The van der Waals surface area contributed by atoms with Crippen molar-refractivity contribution in [3.63, 3.8) is 0 Å². The van der Waals surface area contributed by atoms with Crippen LogP contribution in [0.1, 0.15) is 38.0 Å². The van der Waals surface area contributed by atoms with Crippen molar-refractivity contribution < 1.29 is 19.1 Å². The van der Waals surface area contributed by atoms with Gasteiger partial charge in [0.25, 0.3) is 17.7 Å². The molecule has 0 radical (unpaired) electrons. The van der Waals surface area contributed by atoms with Gasteiger partial charge in [-0.2, -0.15) is 0 Å². The van der Waals surface area contributed by atoms with Crippen LogP contribution in [0.5, 0.6) is 5.75 Å². The number of imide groups is 1. The number of carbonyl (C=O) groups is 3. The van der Waals surface area contributed by atoms with Crippen LogP contribution < -0.4 is 15.0 Å². The van der Waals surface area contributed by atoms with Crippen LogP contribution in [0.15, 0.2) is 67.0 Å². The van der Waals surface area contributed by atoms with Crippen molar-refractivity contribution in [2.75, 3.05) is 16.8 Å². The second kappa shape index (κ2) is 7.55. The molecular weight excluding hydrogens is 370 g/mol. The summed E-state index contributed by atoms with van der Waals surface area (Å²) >= 11 is 0. The lowest BCUT2D eigenvalue weighted by Gasteiger charge is -2.14. The predicted octanol–water partition coefficient (Wildman–Crippen LogP) is 3.53.